The summed E-state index contributed by atoms with van der Waals surface area (Å²) in [4.78, 5) is 0. The summed E-state index contributed by atoms with van der Waals surface area (Å²) in [5, 5.41) is 16.5. The Morgan fingerprint density at radius 1 is 1.44 bits per heavy atom. The Balaban J connectivity index is 2.72. The number of nitrogens with one attached hydrogen (secondary N) is 1. The number of primary sulfonamides is 1. The van der Waals surface area contributed by atoms with E-state index >= 15 is 0 Å². The summed E-state index contributed by atoms with van der Waals surface area (Å²) in [7, 11) is -3.49. The van der Waals surface area contributed by atoms with E-state index in [0.29, 0.717) is 16.9 Å². The third-order valence-electron chi connectivity index (χ3n) is 1.87. The lowest BCUT2D eigenvalue weighted by Crippen LogP contribution is -2.22. The van der Waals surface area contributed by atoms with Gasteiger partial charge in [-0.3, -0.25) is 0 Å². The van der Waals surface area contributed by atoms with Crippen molar-refractivity contribution in [3.63, 3.8) is 0 Å². The van der Waals surface area contributed by atoms with Crippen LogP contribution in [0.2, 0.25) is 0 Å². The fourth-order valence-corrected chi connectivity index (χ4v) is 1.52. The molecule has 0 spiro atoms. The normalized spacial score (nSPS) is 10.8. The molecule has 1 rings (SSSR count). The van der Waals surface area contributed by atoms with Crippen molar-refractivity contribution in [2.24, 2.45) is 5.14 Å². The first-order valence-electron chi connectivity index (χ1n) is 4.46. The molecule has 0 fully saturated rings. The predicted octanol–water partition coefficient (Wildman–Crippen LogP) is -0.159. The summed E-state index contributed by atoms with van der Waals surface area (Å²) in [6.45, 7) is 0.150. The van der Waals surface area contributed by atoms with Gasteiger partial charge in [0.05, 0.1) is 17.0 Å². The van der Waals surface area contributed by atoms with Gasteiger partial charge in [0.2, 0.25) is 10.0 Å². The summed E-state index contributed by atoms with van der Waals surface area (Å²) < 4.78 is 21.4. The van der Waals surface area contributed by atoms with Gasteiger partial charge < -0.3 is 11.1 Å². The first-order valence-corrected chi connectivity index (χ1v) is 6.18. The molecule has 0 aliphatic heterocycles. The molecular formula is C9H12N4O2S. The minimum Gasteiger partial charge on any atom is -0.399 e. The summed E-state index contributed by atoms with van der Waals surface area (Å²) in [5.74, 6) is -0.192. The number of hydrogen-bond donors (Lipinski definition) is 3. The highest BCUT2D eigenvalue weighted by Crippen LogP contribution is 2.17. The molecular weight excluding hydrogens is 228 g/mol. The Bertz CT molecular complexity index is 519. The maximum absolute atomic E-state index is 10.7. The van der Waals surface area contributed by atoms with Crippen molar-refractivity contribution in [3.05, 3.63) is 23.8 Å². The van der Waals surface area contributed by atoms with Crippen LogP contribution >= 0.6 is 0 Å². The highest BCUT2D eigenvalue weighted by atomic mass is 32.2. The molecule has 0 unspecified atom stereocenters. The van der Waals surface area contributed by atoms with Gasteiger partial charge in [-0.05, 0) is 18.2 Å². The van der Waals surface area contributed by atoms with Crippen LogP contribution in [0.25, 0.3) is 0 Å². The lowest BCUT2D eigenvalue weighted by Gasteiger charge is -2.07. The smallest absolute Gasteiger partial charge is 0.210 e. The second-order valence-corrected chi connectivity index (χ2v) is 4.94. The molecule has 86 valence electrons. The van der Waals surface area contributed by atoms with Crippen LogP contribution in [0.3, 0.4) is 0 Å². The van der Waals surface area contributed by atoms with Crippen molar-refractivity contribution < 1.29 is 8.42 Å². The zero-order chi connectivity index (χ0) is 12.2. The number of nitrogens with zero attached hydrogens (tertiary/aromatic N) is 1. The Kier molecular flexibility index (Phi) is 3.71. The maximum Gasteiger partial charge on any atom is 0.210 e. The SMILES string of the molecule is N#Cc1cc(N)ccc1NCCS(N)(=O)=O. The van der Waals surface area contributed by atoms with Crippen molar-refractivity contribution in [1.29, 1.82) is 5.26 Å². The fourth-order valence-electron chi connectivity index (χ4n) is 1.14. The average Bonchev–Trinajstić information content (AvgIpc) is 2.18. The Morgan fingerprint density at radius 2 is 2.12 bits per heavy atom. The summed E-state index contributed by atoms with van der Waals surface area (Å²) in [6.07, 6.45) is 0. The molecule has 1 aromatic rings. The summed E-state index contributed by atoms with van der Waals surface area (Å²) in [5.41, 5.74) is 6.90. The van der Waals surface area contributed by atoms with E-state index in [1.807, 2.05) is 6.07 Å². The highest BCUT2D eigenvalue weighted by molar-refractivity contribution is 7.89. The van der Waals surface area contributed by atoms with Crippen LogP contribution in [0, 0.1) is 11.3 Å². The van der Waals surface area contributed by atoms with Crippen LogP contribution in [-0.4, -0.2) is 20.7 Å². The van der Waals surface area contributed by atoms with Gasteiger partial charge in [-0.15, -0.1) is 0 Å². The number of nitriles is 1. The van der Waals surface area contributed by atoms with E-state index in [-0.39, 0.29) is 12.3 Å². The number of sulfonamides is 1. The quantitative estimate of drug-likeness (QED) is 0.631. The van der Waals surface area contributed by atoms with Gasteiger partial charge in [0.15, 0.2) is 0 Å². The van der Waals surface area contributed by atoms with E-state index in [4.69, 9.17) is 16.1 Å². The molecule has 5 N–H and O–H groups in total. The van der Waals surface area contributed by atoms with Crippen molar-refractivity contribution >= 4 is 21.4 Å². The number of benzene rings is 1. The van der Waals surface area contributed by atoms with Gasteiger partial charge in [0.1, 0.15) is 6.07 Å². The number of rotatable bonds is 4. The first kappa shape index (κ1) is 12.3. The van der Waals surface area contributed by atoms with E-state index < -0.39 is 10.0 Å². The van der Waals surface area contributed by atoms with Gasteiger partial charge in [0, 0.05) is 12.2 Å². The standard InChI is InChI=1S/C9H12N4O2S/c10-6-7-5-8(11)1-2-9(7)13-3-4-16(12,14)15/h1-2,5,13H,3-4,11H2,(H2,12,14,15). The van der Waals surface area contributed by atoms with E-state index in [0.717, 1.165) is 0 Å². The third kappa shape index (κ3) is 3.76. The zero-order valence-corrected chi connectivity index (χ0v) is 9.29. The molecule has 0 radical (unpaired) electrons. The fraction of sp³-hybridized carbons (Fsp3) is 0.222. The van der Waals surface area contributed by atoms with Crippen LogP contribution in [0.15, 0.2) is 18.2 Å². The first-order chi connectivity index (χ1) is 7.42. The molecule has 0 heterocycles. The molecule has 7 heteroatoms. The molecule has 0 bridgehead atoms. The largest absolute Gasteiger partial charge is 0.399 e. The summed E-state index contributed by atoms with van der Waals surface area (Å²) >= 11 is 0. The van der Waals surface area contributed by atoms with Gasteiger partial charge in [0.25, 0.3) is 0 Å². The van der Waals surface area contributed by atoms with Crippen LogP contribution in [0.1, 0.15) is 5.56 Å². The summed E-state index contributed by atoms with van der Waals surface area (Å²) in [6, 6.07) is 6.72. The van der Waals surface area contributed by atoms with Crippen molar-refractivity contribution in [3.8, 4) is 6.07 Å². The molecule has 6 nitrogen and oxygen atoms in total. The minimum absolute atomic E-state index is 0.150. The number of anilines is 2. The van der Waals surface area contributed by atoms with Crippen molar-refractivity contribution in [2.45, 2.75) is 0 Å². The predicted molar refractivity (Wildman–Crippen MR) is 62.0 cm³/mol. The lowest BCUT2D eigenvalue weighted by atomic mass is 10.2. The monoisotopic (exact) mass is 240 g/mol. The van der Waals surface area contributed by atoms with Gasteiger partial charge >= 0.3 is 0 Å². The second kappa shape index (κ2) is 4.83. The average molecular weight is 240 g/mol. The maximum atomic E-state index is 10.7. The number of nitrogen functional groups attached to an aromatic ring is 1. The van der Waals surface area contributed by atoms with E-state index in [1.165, 1.54) is 6.07 Å². The van der Waals surface area contributed by atoms with Gasteiger partial charge in [-0.2, -0.15) is 5.26 Å². The Hall–Kier alpha value is -1.78. The second-order valence-electron chi connectivity index (χ2n) is 3.21. The Morgan fingerprint density at radius 3 is 2.69 bits per heavy atom. The van der Waals surface area contributed by atoms with Crippen LogP contribution in [0.4, 0.5) is 11.4 Å². The van der Waals surface area contributed by atoms with E-state index in [2.05, 4.69) is 5.32 Å². The van der Waals surface area contributed by atoms with Gasteiger partial charge in [-0.25, -0.2) is 13.6 Å². The zero-order valence-electron chi connectivity index (χ0n) is 8.47. The molecule has 0 atom stereocenters. The molecule has 0 aliphatic carbocycles. The van der Waals surface area contributed by atoms with Crippen LogP contribution in [-0.2, 0) is 10.0 Å². The molecule has 1 aromatic carbocycles. The van der Waals surface area contributed by atoms with E-state index in [1.54, 1.807) is 12.1 Å². The molecule has 0 saturated carbocycles. The number of nitrogens with two attached hydrogens (primary N) is 2. The molecule has 16 heavy (non-hydrogen) atoms. The highest BCUT2D eigenvalue weighted by Gasteiger charge is 2.05. The van der Waals surface area contributed by atoms with Crippen LogP contribution in [0.5, 0.6) is 0 Å². The van der Waals surface area contributed by atoms with E-state index in [9.17, 15) is 8.42 Å². The minimum atomic E-state index is -3.49. The Labute approximate surface area is 93.9 Å². The number of hydrogen-bond acceptors (Lipinski definition) is 5. The molecule has 0 saturated heterocycles. The molecule has 0 aliphatic rings. The molecule has 0 aromatic heterocycles. The molecule has 0 amide bonds. The topological polar surface area (TPSA) is 122 Å². The third-order valence-corrected chi connectivity index (χ3v) is 2.64. The van der Waals surface area contributed by atoms with Crippen molar-refractivity contribution in [2.75, 3.05) is 23.3 Å². The van der Waals surface area contributed by atoms with Crippen LogP contribution < -0.4 is 16.2 Å². The van der Waals surface area contributed by atoms with Gasteiger partial charge in [-0.1, -0.05) is 0 Å². The lowest BCUT2D eigenvalue weighted by molar-refractivity contribution is 0.598. The van der Waals surface area contributed by atoms with Crippen molar-refractivity contribution in [1.82, 2.24) is 0 Å².